The Labute approximate surface area is 184 Å². The van der Waals surface area contributed by atoms with Crippen LogP contribution in [-0.2, 0) is 15.1 Å². The summed E-state index contributed by atoms with van der Waals surface area (Å²) >= 11 is 0. The number of aliphatic imine (C=N–C) groups is 1. The number of carbonyl (C=O) groups is 1. The van der Waals surface area contributed by atoms with E-state index in [2.05, 4.69) is 9.98 Å². The Bertz CT molecular complexity index is 1120. The lowest BCUT2D eigenvalue weighted by molar-refractivity contribution is -0.164. The molecule has 1 aromatic carbocycles. The Hall–Kier alpha value is -3.07. The second kappa shape index (κ2) is 7.23. The maximum absolute atomic E-state index is 15.3. The van der Waals surface area contributed by atoms with Crippen LogP contribution in [0.1, 0.15) is 31.7 Å². The van der Waals surface area contributed by atoms with Crippen molar-refractivity contribution in [3.63, 3.8) is 0 Å². The van der Waals surface area contributed by atoms with Crippen LogP contribution in [0.25, 0.3) is 0 Å². The SMILES string of the molecule is CN1C(=O)[C@]2(C)C[C@H](C3CC3)OC[C@]2(c2cc(Oc3ncccc3F)ccc2F)N=C1N. The van der Waals surface area contributed by atoms with Gasteiger partial charge in [-0.25, -0.2) is 18.8 Å². The molecule has 0 spiro atoms. The lowest BCUT2D eigenvalue weighted by Gasteiger charge is -2.54. The Balaban J connectivity index is 1.62. The van der Waals surface area contributed by atoms with Crippen molar-refractivity contribution in [1.82, 2.24) is 9.88 Å². The van der Waals surface area contributed by atoms with Gasteiger partial charge in [-0.05, 0) is 62.4 Å². The topological polar surface area (TPSA) is 90.0 Å². The molecule has 1 amide bonds. The van der Waals surface area contributed by atoms with Crippen molar-refractivity contribution in [3.05, 3.63) is 53.7 Å². The fourth-order valence-corrected chi connectivity index (χ4v) is 4.83. The summed E-state index contributed by atoms with van der Waals surface area (Å²) in [6, 6.07) is 6.68. The van der Waals surface area contributed by atoms with Gasteiger partial charge in [-0.1, -0.05) is 0 Å². The Morgan fingerprint density at radius 3 is 2.75 bits per heavy atom. The van der Waals surface area contributed by atoms with Crippen LogP contribution in [0.4, 0.5) is 8.78 Å². The maximum atomic E-state index is 15.3. The zero-order valence-electron chi connectivity index (χ0n) is 17.8. The first kappa shape index (κ1) is 20.8. The van der Waals surface area contributed by atoms with E-state index in [9.17, 15) is 9.18 Å². The molecule has 7 nitrogen and oxygen atoms in total. The molecule has 2 aromatic rings. The normalized spacial score (nSPS) is 30.0. The first-order valence-corrected chi connectivity index (χ1v) is 10.6. The van der Waals surface area contributed by atoms with E-state index in [0.717, 1.165) is 12.8 Å². The largest absolute Gasteiger partial charge is 0.436 e. The van der Waals surface area contributed by atoms with E-state index in [0.29, 0.717) is 12.3 Å². The third-order valence-electron chi connectivity index (χ3n) is 6.92. The van der Waals surface area contributed by atoms with Gasteiger partial charge in [0.1, 0.15) is 17.1 Å². The molecule has 1 aromatic heterocycles. The molecule has 2 aliphatic heterocycles. The van der Waals surface area contributed by atoms with Gasteiger partial charge in [-0.2, -0.15) is 0 Å². The Morgan fingerprint density at radius 1 is 1.25 bits per heavy atom. The molecule has 0 unspecified atom stereocenters. The van der Waals surface area contributed by atoms with Crippen molar-refractivity contribution in [2.24, 2.45) is 22.1 Å². The number of hydrogen-bond acceptors (Lipinski definition) is 6. The summed E-state index contributed by atoms with van der Waals surface area (Å²) in [6.45, 7) is 1.80. The van der Waals surface area contributed by atoms with Gasteiger partial charge in [0.25, 0.3) is 5.88 Å². The van der Waals surface area contributed by atoms with Crippen LogP contribution in [0.5, 0.6) is 11.6 Å². The number of ether oxygens (including phenoxy) is 2. The third kappa shape index (κ3) is 3.06. The molecule has 0 bridgehead atoms. The van der Waals surface area contributed by atoms with Gasteiger partial charge in [0, 0.05) is 18.8 Å². The second-order valence-electron chi connectivity index (χ2n) is 8.95. The molecule has 2 fully saturated rings. The number of nitrogens with two attached hydrogens (primary N) is 1. The highest BCUT2D eigenvalue weighted by Crippen LogP contribution is 2.56. The van der Waals surface area contributed by atoms with Gasteiger partial charge in [-0.3, -0.25) is 9.69 Å². The van der Waals surface area contributed by atoms with Gasteiger partial charge in [0.05, 0.1) is 18.1 Å². The highest BCUT2D eigenvalue weighted by Gasteiger charge is 2.63. The molecule has 5 rings (SSSR count). The number of carbonyl (C=O) groups excluding carboxylic acids is 1. The first-order chi connectivity index (χ1) is 15.2. The quantitative estimate of drug-likeness (QED) is 0.785. The summed E-state index contributed by atoms with van der Waals surface area (Å²) < 4.78 is 41.1. The van der Waals surface area contributed by atoms with Crippen LogP contribution in [0.2, 0.25) is 0 Å². The Morgan fingerprint density at radius 2 is 2.03 bits per heavy atom. The molecule has 2 N–H and O–H groups in total. The average Bonchev–Trinajstić information content (AvgIpc) is 3.61. The number of amides is 1. The molecule has 0 radical (unpaired) electrons. The molecule has 1 saturated heterocycles. The monoisotopic (exact) mass is 442 g/mol. The van der Waals surface area contributed by atoms with Crippen LogP contribution in [0, 0.1) is 23.0 Å². The molecule has 32 heavy (non-hydrogen) atoms. The molecule has 168 valence electrons. The van der Waals surface area contributed by atoms with Gasteiger partial charge in [0.15, 0.2) is 11.8 Å². The van der Waals surface area contributed by atoms with Gasteiger partial charge < -0.3 is 15.2 Å². The first-order valence-electron chi connectivity index (χ1n) is 10.6. The van der Waals surface area contributed by atoms with Crippen molar-refractivity contribution in [3.8, 4) is 11.6 Å². The molecule has 9 heteroatoms. The predicted octanol–water partition coefficient (Wildman–Crippen LogP) is 3.34. The van der Waals surface area contributed by atoms with Crippen LogP contribution in [0.3, 0.4) is 0 Å². The van der Waals surface area contributed by atoms with E-state index in [1.54, 1.807) is 14.0 Å². The molecule has 1 aliphatic carbocycles. The average molecular weight is 442 g/mol. The summed E-state index contributed by atoms with van der Waals surface area (Å²) in [7, 11) is 1.57. The van der Waals surface area contributed by atoms with Crippen molar-refractivity contribution in [2.45, 2.75) is 37.8 Å². The fraction of sp³-hybridized carbons (Fsp3) is 0.435. The van der Waals surface area contributed by atoms with Crippen molar-refractivity contribution in [2.75, 3.05) is 13.7 Å². The van der Waals surface area contributed by atoms with Gasteiger partial charge in [0.2, 0.25) is 5.91 Å². The maximum Gasteiger partial charge on any atom is 0.255 e. The number of aromatic nitrogens is 1. The lowest BCUT2D eigenvalue weighted by atomic mass is 9.61. The highest BCUT2D eigenvalue weighted by atomic mass is 19.1. The molecule has 3 atom stereocenters. The zero-order chi connectivity index (χ0) is 22.7. The van der Waals surface area contributed by atoms with Crippen molar-refractivity contribution < 1.29 is 23.0 Å². The van der Waals surface area contributed by atoms with Crippen LogP contribution < -0.4 is 10.5 Å². The molecule has 3 heterocycles. The van der Waals surface area contributed by atoms with E-state index in [1.807, 2.05) is 0 Å². The van der Waals surface area contributed by atoms with Gasteiger partial charge >= 0.3 is 0 Å². The van der Waals surface area contributed by atoms with E-state index in [-0.39, 0.29) is 41.8 Å². The summed E-state index contributed by atoms with van der Waals surface area (Å²) in [4.78, 5) is 23.3. The van der Waals surface area contributed by atoms with Crippen molar-refractivity contribution in [1.29, 1.82) is 0 Å². The smallest absolute Gasteiger partial charge is 0.255 e. The van der Waals surface area contributed by atoms with E-state index < -0.39 is 22.6 Å². The minimum atomic E-state index is -1.38. The van der Waals surface area contributed by atoms with Crippen LogP contribution >= 0.6 is 0 Å². The minimum Gasteiger partial charge on any atom is -0.436 e. The zero-order valence-corrected chi connectivity index (χ0v) is 17.8. The molecular formula is C23H24F2N4O3. The highest BCUT2D eigenvalue weighted by molar-refractivity contribution is 6.02. The molecule has 1 saturated carbocycles. The van der Waals surface area contributed by atoms with Crippen molar-refractivity contribution >= 4 is 11.9 Å². The van der Waals surface area contributed by atoms with Crippen LogP contribution in [-0.4, -0.2) is 41.5 Å². The number of nitrogens with zero attached hydrogens (tertiary/aromatic N) is 3. The van der Waals surface area contributed by atoms with E-state index in [4.69, 9.17) is 15.2 Å². The predicted molar refractivity (Wildman–Crippen MR) is 112 cm³/mol. The number of rotatable bonds is 4. The molecule has 3 aliphatic rings. The number of pyridine rings is 1. The number of halogens is 2. The number of guanidine groups is 1. The third-order valence-corrected chi connectivity index (χ3v) is 6.92. The van der Waals surface area contributed by atoms with E-state index in [1.165, 1.54) is 41.4 Å². The standard InChI is InChI=1S/C23H24F2N4O3/c1-22-11-18(13-5-6-13)31-12-23(22,28-21(26)29(2)20(22)30)15-10-14(7-8-16(15)24)32-19-17(25)4-3-9-27-19/h3-4,7-10,13,18H,5-6,11-12H2,1-2H3,(H2,26,28)/t18-,22+,23-/m1/s1. The molecular weight excluding hydrogens is 418 g/mol. The van der Waals surface area contributed by atoms with Gasteiger partial charge in [-0.15, -0.1) is 0 Å². The summed E-state index contributed by atoms with van der Waals surface area (Å²) in [5.74, 6) is -1.14. The summed E-state index contributed by atoms with van der Waals surface area (Å²) in [6.07, 6.45) is 3.81. The lowest BCUT2D eigenvalue weighted by Crippen LogP contribution is -2.65. The minimum absolute atomic E-state index is 0.00324. The van der Waals surface area contributed by atoms with Crippen LogP contribution in [0.15, 0.2) is 41.5 Å². The number of fused-ring (bicyclic) bond motifs is 1. The number of benzene rings is 1. The summed E-state index contributed by atoms with van der Waals surface area (Å²) in [5.41, 5.74) is 3.75. The van der Waals surface area contributed by atoms with E-state index >= 15 is 4.39 Å². The number of hydrogen-bond donors (Lipinski definition) is 1. The Kier molecular flexibility index (Phi) is 4.70. The summed E-state index contributed by atoms with van der Waals surface area (Å²) in [5, 5.41) is 0. The fourth-order valence-electron chi connectivity index (χ4n) is 4.83. The second-order valence-corrected chi connectivity index (χ2v) is 8.95.